The Hall–Kier alpha value is -2.02. The molecule has 0 heterocycles. The van der Waals surface area contributed by atoms with Crippen molar-refractivity contribution in [2.75, 3.05) is 13.7 Å². The van der Waals surface area contributed by atoms with Crippen LogP contribution in [0.2, 0.25) is 5.02 Å². The topological polar surface area (TPSA) is 46.6 Å². The summed E-state index contributed by atoms with van der Waals surface area (Å²) in [4.78, 5) is 24.7. The van der Waals surface area contributed by atoms with Gasteiger partial charge in [0, 0.05) is 12.1 Å². The molecule has 0 saturated heterocycles. The van der Waals surface area contributed by atoms with Crippen molar-refractivity contribution in [2.24, 2.45) is 0 Å². The third-order valence-electron chi connectivity index (χ3n) is 3.15. The summed E-state index contributed by atoms with van der Waals surface area (Å²) in [7, 11) is 1.20. The SMILES string of the molecule is COC(=O)CN(C(=O)/C=C/c1ccc(Cl)c(C(F)(F)F)c1)C(C)C. The monoisotopic (exact) mass is 363 g/mol. The number of nitrogens with zero attached hydrogens (tertiary/aromatic N) is 1. The van der Waals surface area contributed by atoms with Crippen molar-refractivity contribution in [1.29, 1.82) is 0 Å². The van der Waals surface area contributed by atoms with Crippen LogP contribution in [-0.2, 0) is 20.5 Å². The van der Waals surface area contributed by atoms with Gasteiger partial charge in [0.1, 0.15) is 6.54 Å². The average molecular weight is 364 g/mol. The van der Waals surface area contributed by atoms with Crippen LogP contribution in [0.4, 0.5) is 13.2 Å². The van der Waals surface area contributed by atoms with Gasteiger partial charge in [-0.2, -0.15) is 13.2 Å². The highest BCUT2D eigenvalue weighted by molar-refractivity contribution is 6.31. The molecule has 0 aliphatic carbocycles. The molecule has 0 N–H and O–H groups in total. The van der Waals surface area contributed by atoms with Gasteiger partial charge >= 0.3 is 12.1 Å². The molecule has 0 spiro atoms. The molecule has 24 heavy (non-hydrogen) atoms. The second kappa shape index (κ2) is 8.19. The Bertz CT molecular complexity index is 642. The molecule has 0 aliphatic heterocycles. The summed E-state index contributed by atoms with van der Waals surface area (Å²) < 4.78 is 42.9. The van der Waals surface area contributed by atoms with Crippen LogP contribution in [0.5, 0.6) is 0 Å². The predicted octanol–water partition coefficient (Wildman–Crippen LogP) is 3.78. The summed E-state index contributed by atoms with van der Waals surface area (Å²) in [6, 6.07) is 3.05. The van der Waals surface area contributed by atoms with Crippen molar-refractivity contribution in [3.63, 3.8) is 0 Å². The Morgan fingerprint density at radius 1 is 1.33 bits per heavy atom. The number of benzene rings is 1. The first kappa shape index (κ1) is 20.0. The standard InChI is InChI=1S/C16H17ClF3NO3/c1-10(2)21(9-15(23)24-3)14(22)7-5-11-4-6-13(17)12(8-11)16(18,19)20/h4-8,10H,9H2,1-3H3/b7-5+. The molecule has 0 bridgehead atoms. The second-order valence-corrected chi connectivity index (χ2v) is 5.61. The third-order valence-corrected chi connectivity index (χ3v) is 3.48. The molecule has 0 saturated carbocycles. The van der Waals surface area contributed by atoms with Gasteiger partial charge in [-0.05, 0) is 37.6 Å². The Morgan fingerprint density at radius 3 is 2.46 bits per heavy atom. The highest BCUT2D eigenvalue weighted by atomic mass is 35.5. The Balaban J connectivity index is 2.98. The molecule has 0 aromatic heterocycles. The van der Waals surface area contributed by atoms with E-state index in [4.69, 9.17) is 11.6 Å². The lowest BCUT2D eigenvalue weighted by molar-refractivity contribution is -0.146. The van der Waals surface area contributed by atoms with Crippen molar-refractivity contribution in [3.8, 4) is 0 Å². The smallest absolute Gasteiger partial charge is 0.417 e. The van der Waals surface area contributed by atoms with Crippen LogP contribution in [0, 0.1) is 0 Å². The lowest BCUT2D eigenvalue weighted by Gasteiger charge is -2.24. The fourth-order valence-corrected chi connectivity index (χ4v) is 2.07. The molecule has 8 heteroatoms. The Kier molecular flexibility index (Phi) is 6.83. The van der Waals surface area contributed by atoms with Crippen LogP contribution >= 0.6 is 11.6 Å². The summed E-state index contributed by atoms with van der Waals surface area (Å²) in [5, 5.41) is -0.416. The summed E-state index contributed by atoms with van der Waals surface area (Å²) in [5.74, 6) is -1.10. The Morgan fingerprint density at radius 2 is 1.96 bits per heavy atom. The van der Waals surface area contributed by atoms with Crippen LogP contribution in [0.15, 0.2) is 24.3 Å². The van der Waals surface area contributed by atoms with Crippen LogP contribution in [-0.4, -0.2) is 36.5 Å². The fourth-order valence-electron chi connectivity index (χ4n) is 1.85. The van der Waals surface area contributed by atoms with E-state index in [0.717, 1.165) is 18.2 Å². The number of esters is 1. The predicted molar refractivity (Wildman–Crippen MR) is 84.4 cm³/mol. The number of halogens is 4. The van der Waals surface area contributed by atoms with E-state index in [1.165, 1.54) is 24.2 Å². The molecule has 132 valence electrons. The minimum atomic E-state index is -4.58. The largest absolute Gasteiger partial charge is 0.468 e. The molecule has 1 amide bonds. The van der Waals surface area contributed by atoms with Gasteiger partial charge in [0.05, 0.1) is 17.7 Å². The van der Waals surface area contributed by atoms with Crippen molar-refractivity contribution >= 4 is 29.6 Å². The summed E-state index contributed by atoms with van der Waals surface area (Å²) in [6.07, 6.45) is -2.24. The van der Waals surface area contributed by atoms with Gasteiger partial charge in [-0.15, -0.1) is 0 Å². The first-order valence-electron chi connectivity index (χ1n) is 6.98. The quantitative estimate of drug-likeness (QED) is 0.591. The maximum absolute atomic E-state index is 12.8. The molecule has 0 radical (unpaired) electrons. The third kappa shape index (κ3) is 5.56. The highest BCUT2D eigenvalue weighted by Gasteiger charge is 2.33. The first-order chi connectivity index (χ1) is 11.1. The normalized spacial score (nSPS) is 11.8. The summed E-state index contributed by atoms with van der Waals surface area (Å²) in [5.41, 5.74) is -0.809. The lowest BCUT2D eigenvalue weighted by atomic mass is 10.1. The van der Waals surface area contributed by atoms with E-state index >= 15 is 0 Å². The van der Waals surface area contributed by atoms with E-state index in [1.54, 1.807) is 13.8 Å². The van der Waals surface area contributed by atoms with Crippen molar-refractivity contribution < 1.29 is 27.5 Å². The molecular formula is C16H17ClF3NO3. The molecule has 1 aromatic rings. The second-order valence-electron chi connectivity index (χ2n) is 5.21. The zero-order valence-corrected chi connectivity index (χ0v) is 14.1. The molecule has 4 nitrogen and oxygen atoms in total. The number of ether oxygens (including phenoxy) is 1. The molecule has 0 fully saturated rings. The number of carbonyl (C=O) groups is 2. The molecule has 0 unspecified atom stereocenters. The minimum absolute atomic E-state index is 0.168. The average Bonchev–Trinajstić information content (AvgIpc) is 2.49. The van der Waals surface area contributed by atoms with E-state index < -0.39 is 28.6 Å². The van der Waals surface area contributed by atoms with Crippen molar-refractivity contribution in [2.45, 2.75) is 26.1 Å². The molecule has 0 atom stereocenters. The maximum atomic E-state index is 12.8. The lowest BCUT2D eigenvalue weighted by Crippen LogP contribution is -2.40. The van der Waals surface area contributed by atoms with Crippen LogP contribution in [0.1, 0.15) is 25.0 Å². The fraction of sp³-hybridized carbons (Fsp3) is 0.375. The zero-order valence-electron chi connectivity index (χ0n) is 13.4. The molecular weight excluding hydrogens is 347 g/mol. The van der Waals surface area contributed by atoms with Gasteiger partial charge in [0.2, 0.25) is 5.91 Å². The number of rotatable bonds is 5. The minimum Gasteiger partial charge on any atom is -0.468 e. The first-order valence-corrected chi connectivity index (χ1v) is 7.36. The number of hydrogen-bond acceptors (Lipinski definition) is 3. The number of amides is 1. The van der Waals surface area contributed by atoms with Crippen LogP contribution in [0.3, 0.4) is 0 Å². The number of carbonyl (C=O) groups excluding carboxylic acids is 2. The van der Waals surface area contributed by atoms with Gasteiger partial charge < -0.3 is 9.64 Å². The van der Waals surface area contributed by atoms with E-state index in [0.29, 0.717) is 0 Å². The van der Waals surface area contributed by atoms with Crippen molar-refractivity contribution in [1.82, 2.24) is 4.90 Å². The zero-order chi connectivity index (χ0) is 18.5. The van der Waals surface area contributed by atoms with Gasteiger partial charge in [-0.1, -0.05) is 17.7 Å². The number of alkyl halides is 3. The Labute approximate surface area is 142 Å². The van der Waals surface area contributed by atoms with Crippen molar-refractivity contribution in [3.05, 3.63) is 40.4 Å². The van der Waals surface area contributed by atoms with Gasteiger partial charge in [0.15, 0.2) is 0 Å². The van der Waals surface area contributed by atoms with E-state index in [1.807, 2.05) is 0 Å². The van der Waals surface area contributed by atoms with E-state index in [9.17, 15) is 22.8 Å². The molecule has 1 rings (SSSR count). The highest BCUT2D eigenvalue weighted by Crippen LogP contribution is 2.35. The number of hydrogen-bond donors (Lipinski definition) is 0. The molecule has 1 aromatic carbocycles. The van der Waals surface area contributed by atoms with E-state index in [2.05, 4.69) is 4.74 Å². The maximum Gasteiger partial charge on any atom is 0.417 e. The van der Waals surface area contributed by atoms with E-state index in [-0.39, 0.29) is 18.2 Å². The van der Waals surface area contributed by atoms with Crippen LogP contribution in [0.25, 0.3) is 6.08 Å². The van der Waals surface area contributed by atoms with Gasteiger partial charge in [-0.3, -0.25) is 9.59 Å². The van der Waals surface area contributed by atoms with Gasteiger partial charge in [0.25, 0.3) is 0 Å². The van der Waals surface area contributed by atoms with Gasteiger partial charge in [-0.25, -0.2) is 0 Å². The summed E-state index contributed by atoms with van der Waals surface area (Å²) in [6.45, 7) is 3.17. The summed E-state index contributed by atoms with van der Waals surface area (Å²) >= 11 is 5.54. The number of methoxy groups -OCH3 is 1. The molecule has 0 aliphatic rings. The van der Waals surface area contributed by atoms with Crippen LogP contribution < -0.4 is 0 Å².